The molecule has 0 aliphatic carbocycles. The zero-order valence-electron chi connectivity index (χ0n) is 10.5. The first-order chi connectivity index (χ1) is 8.31. The molecule has 2 rings (SSSR count). The van der Waals surface area contributed by atoms with Crippen LogP contribution in [0.4, 0.5) is 0 Å². The van der Waals surface area contributed by atoms with Crippen molar-refractivity contribution in [2.45, 2.75) is 6.92 Å². The molecule has 0 unspecified atom stereocenters. The van der Waals surface area contributed by atoms with Gasteiger partial charge in [0.2, 0.25) is 5.91 Å². The van der Waals surface area contributed by atoms with Crippen molar-refractivity contribution in [3.63, 3.8) is 0 Å². The lowest BCUT2D eigenvalue weighted by Gasteiger charge is -2.17. The van der Waals surface area contributed by atoms with Gasteiger partial charge in [0.25, 0.3) is 0 Å². The van der Waals surface area contributed by atoms with Gasteiger partial charge in [0, 0.05) is 32.8 Å². The lowest BCUT2D eigenvalue weighted by molar-refractivity contribution is -0.135. The minimum Gasteiger partial charge on any atom is -0.379 e. The number of hydrogen-bond acceptors (Lipinski definition) is 4. The van der Waals surface area contributed by atoms with Gasteiger partial charge in [-0.2, -0.15) is 0 Å². The molecule has 2 atom stereocenters. The molecule has 0 aromatic rings. The van der Waals surface area contributed by atoms with Crippen LogP contribution in [0, 0.1) is 11.8 Å². The maximum Gasteiger partial charge on any atom is 0.248 e. The van der Waals surface area contributed by atoms with Crippen molar-refractivity contribution < 1.29 is 14.3 Å². The third kappa shape index (κ3) is 3.40. The van der Waals surface area contributed by atoms with Gasteiger partial charge >= 0.3 is 0 Å². The van der Waals surface area contributed by atoms with Crippen LogP contribution in [-0.4, -0.2) is 63.4 Å². The molecule has 0 spiro atoms. The third-order valence-electron chi connectivity index (χ3n) is 3.54. The number of carbonyl (C=O) groups excluding carboxylic acids is 1. The Morgan fingerprint density at radius 2 is 1.88 bits per heavy atom. The molecule has 1 amide bonds. The second-order valence-corrected chi connectivity index (χ2v) is 4.73. The SMILES string of the molecule is CCOCCOCC(=O)N1C[C@H]2CNC[C@H]2C1. The molecule has 0 aromatic carbocycles. The van der Waals surface area contributed by atoms with Crippen LogP contribution >= 0.6 is 0 Å². The zero-order chi connectivity index (χ0) is 12.1. The number of amides is 1. The quantitative estimate of drug-likeness (QED) is 0.651. The number of carbonyl (C=O) groups is 1. The fraction of sp³-hybridized carbons (Fsp3) is 0.917. The average Bonchev–Trinajstić information content (AvgIpc) is 2.88. The van der Waals surface area contributed by atoms with E-state index in [9.17, 15) is 4.79 Å². The van der Waals surface area contributed by atoms with E-state index in [2.05, 4.69) is 5.32 Å². The Morgan fingerprint density at radius 3 is 2.53 bits per heavy atom. The van der Waals surface area contributed by atoms with Gasteiger partial charge in [-0.1, -0.05) is 0 Å². The monoisotopic (exact) mass is 242 g/mol. The van der Waals surface area contributed by atoms with E-state index in [0.29, 0.717) is 31.7 Å². The number of nitrogens with one attached hydrogen (secondary N) is 1. The van der Waals surface area contributed by atoms with Crippen molar-refractivity contribution in [1.82, 2.24) is 10.2 Å². The first kappa shape index (κ1) is 12.8. The fourth-order valence-electron chi connectivity index (χ4n) is 2.57. The van der Waals surface area contributed by atoms with Crippen molar-refractivity contribution in [2.75, 3.05) is 52.6 Å². The molecule has 2 saturated heterocycles. The Morgan fingerprint density at radius 1 is 1.24 bits per heavy atom. The Bertz CT molecular complexity index is 248. The molecule has 0 aromatic heterocycles. The number of nitrogens with zero attached hydrogens (tertiary/aromatic N) is 1. The summed E-state index contributed by atoms with van der Waals surface area (Å²) in [5.41, 5.74) is 0. The predicted molar refractivity (Wildman–Crippen MR) is 63.7 cm³/mol. The van der Waals surface area contributed by atoms with Crippen LogP contribution in [-0.2, 0) is 14.3 Å². The van der Waals surface area contributed by atoms with Crippen LogP contribution < -0.4 is 5.32 Å². The summed E-state index contributed by atoms with van der Waals surface area (Å²) in [5.74, 6) is 1.43. The minimum absolute atomic E-state index is 0.121. The highest BCUT2D eigenvalue weighted by atomic mass is 16.5. The summed E-state index contributed by atoms with van der Waals surface area (Å²) in [6, 6.07) is 0. The third-order valence-corrected chi connectivity index (χ3v) is 3.54. The summed E-state index contributed by atoms with van der Waals surface area (Å²) in [6.45, 7) is 7.80. The molecule has 98 valence electrons. The van der Waals surface area contributed by atoms with Gasteiger partial charge in [-0.15, -0.1) is 0 Å². The highest BCUT2D eigenvalue weighted by Gasteiger charge is 2.37. The maximum absolute atomic E-state index is 11.8. The summed E-state index contributed by atoms with van der Waals surface area (Å²) in [7, 11) is 0. The Balaban J connectivity index is 1.60. The normalized spacial score (nSPS) is 27.5. The molecule has 0 radical (unpaired) electrons. The lowest BCUT2D eigenvalue weighted by atomic mass is 10.0. The first-order valence-corrected chi connectivity index (χ1v) is 6.45. The number of likely N-dealkylation sites (tertiary alicyclic amines) is 1. The van der Waals surface area contributed by atoms with E-state index in [4.69, 9.17) is 9.47 Å². The van der Waals surface area contributed by atoms with Gasteiger partial charge in [0.05, 0.1) is 13.2 Å². The molecular weight excluding hydrogens is 220 g/mol. The van der Waals surface area contributed by atoms with E-state index in [1.807, 2.05) is 11.8 Å². The van der Waals surface area contributed by atoms with Crippen molar-refractivity contribution in [1.29, 1.82) is 0 Å². The number of hydrogen-bond donors (Lipinski definition) is 1. The van der Waals surface area contributed by atoms with E-state index in [-0.39, 0.29) is 12.5 Å². The van der Waals surface area contributed by atoms with Crippen LogP contribution in [0.25, 0.3) is 0 Å². The molecular formula is C12H22N2O3. The van der Waals surface area contributed by atoms with E-state index in [1.165, 1.54) is 0 Å². The molecule has 2 aliphatic rings. The van der Waals surface area contributed by atoms with Crippen molar-refractivity contribution >= 4 is 5.91 Å². The summed E-state index contributed by atoms with van der Waals surface area (Å²) in [6.07, 6.45) is 0. The van der Waals surface area contributed by atoms with Crippen molar-refractivity contribution in [3.05, 3.63) is 0 Å². The van der Waals surface area contributed by atoms with Gasteiger partial charge in [-0.25, -0.2) is 0 Å². The van der Waals surface area contributed by atoms with Crippen LogP contribution in [0.3, 0.4) is 0 Å². The van der Waals surface area contributed by atoms with E-state index < -0.39 is 0 Å². The molecule has 2 heterocycles. The molecule has 0 bridgehead atoms. The predicted octanol–water partition coefficient (Wildman–Crippen LogP) is -0.283. The second kappa shape index (κ2) is 6.33. The van der Waals surface area contributed by atoms with Crippen molar-refractivity contribution in [2.24, 2.45) is 11.8 Å². The number of fused-ring (bicyclic) bond motifs is 1. The second-order valence-electron chi connectivity index (χ2n) is 4.73. The average molecular weight is 242 g/mol. The van der Waals surface area contributed by atoms with E-state index >= 15 is 0 Å². The van der Waals surface area contributed by atoms with Gasteiger partial charge in [-0.3, -0.25) is 4.79 Å². The maximum atomic E-state index is 11.8. The summed E-state index contributed by atoms with van der Waals surface area (Å²) >= 11 is 0. The minimum atomic E-state index is 0.121. The lowest BCUT2D eigenvalue weighted by Crippen LogP contribution is -2.34. The molecule has 2 aliphatic heterocycles. The van der Waals surface area contributed by atoms with Gasteiger partial charge < -0.3 is 19.7 Å². The molecule has 2 fully saturated rings. The van der Waals surface area contributed by atoms with E-state index in [1.54, 1.807) is 0 Å². The van der Waals surface area contributed by atoms with Gasteiger partial charge in [-0.05, 0) is 18.8 Å². The Kier molecular flexibility index (Phi) is 4.76. The summed E-state index contributed by atoms with van der Waals surface area (Å²) in [5, 5.41) is 3.36. The summed E-state index contributed by atoms with van der Waals surface area (Å²) < 4.78 is 10.4. The van der Waals surface area contributed by atoms with Crippen LogP contribution in [0.5, 0.6) is 0 Å². The van der Waals surface area contributed by atoms with E-state index in [0.717, 1.165) is 26.2 Å². The molecule has 17 heavy (non-hydrogen) atoms. The highest BCUT2D eigenvalue weighted by molar-refractivity contribution is 5.77. The fourth-order valence-corrected chi connectivity index (χ4v) is 2.57. The van der Waals surface area contributed by atoms with Crippen LogP contribution in [0.2, 0.25) is 0 Å². The standard InChI is InChI=1S/C12H22N2O3/c1-2-16-3-4-17-9-12(15)14-7-10-5-13-6-11(10)8-14/h10-11,13H,2-9H2,1H3/t10-,11+. The van der Waals surface area contributed by atoms with Crippen LogP contribution in [0.1, 0.15) is 6.92 Å². The number of ether oxygens (including phenoxy) is 2. The zero-order valence-corrected chi connectivity index (χ0v) is 10.5. The Labute approximate surface area is 102 Å². The largest absolute Gasteiger partial charge is 0.379 e. The first-order valence-electron chi connectivity index (χ1n) is 6.45. The summed E-state index contributed by atoms with van der Waals surface area (Å²) in [4.78, 5) is 13.8. The van der Waals surface area contributed by atoms with Gasteiger partial charge in [0.15, 0.2) is 0 Å². The van der Waals surface area contributed by atoms with Crippen molar-refractivity contribution in [3.8, 4) is 0 Å². The molecule has 5 heteroatoms. The topological polar surface area (TPSA) is 50.8 Å². The molecule has 0 saturated carbocycles. The Hall–Kier alpha value is -0.650. The van der Waals surface area contributed by atoms with Crippen LogP contribution in [0.15, 0.2) is 0 Å². The number of rotatable bonds is 6. The molecule has 5 nitrogen and oxygen atoms in total. The van der Waals surface area contributed by atoms with Gasteiger partial charge in [0.1, 0.15) is 6.61 Å². The molecule has 1 N–H and O–H groups in total. The highest BCUT2D eigenvalue weighted by Crippen LogP contribution is 2.26. The smallest absolute Gasteiger partial charge is 0.248 e.